The lowest BCUT2D eigenvalue weighted by Crippen LogP contribution is -2.00. The van der Waals surface area contributed by atoms with Gasteiger partial charge in [0.25, 0.3) is 0 Å². The average molecular weight is 214 g/mol. The van der Waals surface area contributed by atoms with Gasteiger partial charge in [0.1, 0.15) is 6.29 Å². The Labute approximate surface area is 92.2 Å². The molecule has 0 saturated carbocycles. The molecule has 3 nitrogen and oxygen atoms in total. The minimum atomic E-state index is -0.130. The van der Waals surface area contributed by atoms with Gasteiger partial charge in [-0.25, -0.2) is 0 Å². The Morgan fingerprint density at radius 1 is 1.27 bits per heavy atom. The highest BCUT2D eigenvalue weighted by atomic mass is 16.5. The number of unbranched alkanes of at least 4 members (excludes halogenated alkanes) is 3. The van der Waals surface area contributed by atoms with Gasteiger partial charge in [0.15, 0.2) is 0 Å². The van der Waals surface area contributed by atoms with Gasteiger partial charge in [-0.15, -0.1) is 0 Å². The number of carbonyl (C=O) groups is 2. The van der Waals surface area contributed by atoms with E-state index in [1.165, 1.54) is 7.11 Å². The van der Waals surface area contributed by atoms with Crippen molar-refractivity contribution in [2.24, 2.45) is 5.92 Å². The van der Waals surface area contributed by atoms with E-state index in [-0.39, 0.29) is 11.9 Å². The summed E-state index contributed by atoms with van der Waals surface area (Å²) < 4.78 is 4.54. The molecule has 15 heavy (non-hydrogen) atoms. The Morgan fingerprint density at radius 3 is 2.47 bits per heavy atom. The fourth-order valence-electron chi connectivity index (χ4n) is 1.50. The summed E-state index contributed by atoms with van der Waals surface area (Å²) in [6, 6.07) is 0. The lowest BCUT2D eigenvalue weighted by atomic mass is 9.99. The van der Waals surface area contributed by atoms with E-state index in [1.807, 2.05) is 6.92 Å². The molecular weight excluding hydrogens is 192 g/mol. The topological polar surface area (TPSA) is 43.4 Å². The summed E-state index contributed by atoms with van der Waals surface area (Å²) >= 11 is 0. The second-order valence-corrected chi connectivity index (χ2v) is 3.83. The molecule has 0 aliphatic rings. The molecule has 0 aromatic carbocycles. The van der Waals surface area contributed by atoms with Crippen LogP contribution in [-0.2, 0) is 14.3 Å². The van der Waals surface area contributed by atoms with Gasteiger partial charge in [-0.2, -0.15) is 0 Å². The molecule has 1 unspecified atom stereocenters. The van der Waals surface area contributed by atoms with E-state index >= 15 is 0 Å². The van der Waals surface area contributed by atoms with Crippen LogP contribution in [0.1, 0.15) is 51.9 Å². The van der Waals surface area contributed by atoms with Gasteiger partial charge in [-0.05, 0) is 19.3 Å². The third kappa shape index (κ3) is 8.16. The molecule has 0 aliphatic carbocycles. The van der Waals surface area contributed by atoms with Crippen LogP contribution in [-0.4, -0.2) is 19.4 Å². The predicted molar refractivity (Wildman–Crippen MR) is 59.6 cm³/mol. The van der Waals surface area contributed by atoms with Crippen molar-refractivity contribution in [3.05, 3.63) is 0 Å². The van der Waals surface area contributed by atoms with E-state index in [0.717, 1.165) is 44.8 Å². The summed E-state index contributed by atoms with van der Waals surface area (Å²) in [6.45, 7) is 2.04. The maximum atomic E-state index is 10.8. The van der Waals surface area contributed by atoms with Crippen molar-refractivity contribution >= 4 is 12.3 Å². The Balaban J connectivity index is 3.24. The molecule has 0 N–H and O–H groups in total. The molecule has 0 radical (unpaired) electrons. The standard InChI is InChI=1S/C12H22O3/c1-3-11(10-13)8-6-4-5-7-9-12(14)15-2/h10-11H,3-9H2,1-2H3. The summed E-state index contributed by atoms with van der Waals surface area (Å²) in [5, 5.41) is 0. The Morgan fingerprint density at radius 2 is 1.93 bits per heavy atom. The van der Waals surface area contributed by atoms with E-state index in [4.69, 9.17) is 0 Å². The van der Waals surface area contributed by atoms with Crippen LogP contribution in [0.25, 0.3) is 0 Å². The zero-order valence-corrected chi connectivity index (χ0v) is 9.83. The second-order valence-electron chi connectivity index (χ2n) is 3.83. The molecule has 0 aromatic rings. The highest BCUT2D eigenvalue weighted by molar-refractivity contribution is 5.68. The van der Waals surface area contributed by atoms with E-state index in [2.05, 4.69) is 4.74 Å². The van der Waals surface area contributed by atoms with Crippen LogP contribution < -0.4 is 0 Å². The van der Waals surface area contributed by atoms with Crippen LogP contribution in [0.15, 0.2) is 0 Å². The zero-order valence-electron chi connectivity index (χ0n) is 9.83. The van der Waals surface area contributed by atoms with Crippen molar-refractivity contribution in [1.29, 1.82) is 0 Å². The van der Waals surface area contributed by atoms with Crippen molar-refractivity contribution in [2.45, 2.75) is 51.9 Å². The maximum absolute atomic E-state index is 10.8. The summed E-state index contributed by atoms with van der Waals surface area (Å²) in [5.41, 5.74) is 0. The number of hydrogen-bond donors (Lipinski definition) is 0. The van der Waals surface area contributed by atoms with Crippen LogP contribution in [0.4, 0.5) is 0 Å². The highest BCUT2D eigenvalue weighted by Crippen LogP contribution is 2.12. The summed E-state index contributed by atoms with van der Waals surface area (Å²) in [5.74, 6) is 0.0972. The average Bonchev–Trinajstić information content (AvgIpc) is 2.28. The van der Waals surface area contributed by atoms with E-state index in [1.54, 1.807) is 0 Å². The quantitative estimate of drug-likeness (QED) is 0.337. The maximum Gasteiger partial charge on any atom is 0.305 e. The lowest BCUT2D eigenvalue weighted by Gasteiger charge is -2.06. The largest absolute Gasteiger partial charge is 0.469 e. The third-order valence-electron chi connectivity index (χ3n) is 2.65. The van der Waals surface area contributed by atoms with Crippen LogP contribution in [0, 0.1) is 5.92 Å². The van der Waals surface area contributed by atoms with E-state index in [9.17, 15) is 9.59 Å². The Kier molecular flexibility index (Phi) is 9.13. The summed E-state index contributed by atoms with van der Waals surface area (Å²) in [4.78, 5) is 21.3. The molecule has 0 saturated heterocycles. The van der Waals surface area contributed by atoms with Gasteiger partial charge < -0.3 is 9.53 Å². The van der Waals surface area contributed by atoms with Crippen molar-refractivity contribution < 1.29 is 14.3 Å². The summed E-state index contributed by atoms with van der Waals surface area (Å²) in [6.07, 6.45) is 7.61. The van der Waals surface area contributed by atoms with Crippen LogP contribution >= 0.6 is 0 Å². The van der Waals surface area contributed by atoms with Crippen LogP contribution in [0.3, 0.4) is 0 Å². The molecule has 0 rings (SSSR count). The van der Waals surface area contributed by atoms with Gasteiger partial charge in [0.05, 0.1) is 7.11 Å². The number of ether oxygens (including phenoxy) is 1. The first-order valence-corrected chi connectivity index (χ1v) is 5.76. The number of esters is 1. The van der Waals surface area contributed by atoms with Gasteiger partial charge in [-0.3, -0.25) is 4.79 Å². The molecule has 0 heterocycles. The zero-order chi connectivity index (χ0) is 11.5. The van der Waals surface area contributed by atoms with Crippen LogP contribution in [0.2, 0.25) is 0 Å². The van der Waals surface area contributed by atoms with Crippen LogP contribution in [0.5, 0.6) is 0 Å². The highest BCUT2D eigenvalue weighted by Gasteiger charge is 2.04. The van der Waals surface area contributed by atoms with Crippen molar-refractivity contribution in [1.82, 2.24) is 0 Å². The molecular formula is C12H22O3. The number of aldehydes is 1. The Hall–Kier alpha value is -0.860. The molecule has 88 valence electrons. The molecule has 0 amide bonds. The van der Waals surface area contributed by atoms with Crippen molar-refractivity contribution in [3.8, 4) is 0 Å². The number of rotatable bonds is 9. The molecule has 0 bridgehead atoms. The van der Waals surface area contributed by atoms with Gasteiger partial charge in [0, 0.05) is 12.3 Å². The number of methoxy groups -OCH3 is 1. The number of carbonyl (C=O) groups excluding carboxylic acids is 2. The first-order valence-electron chi connectivity index (χ1n) is 5.76. The first kappa shape index (κ1) is 14.1. The number of hydrogen-bond acceptors (Lipinski definition) is 3. The van der Waals surface area contributed by atoms with Gasteiger partial charge >= 0.3 is 5.97 Å². The van der Waals surface area contributed by atoms with E-state index in [0.29, 0.717) is 6.42 Å². The molecule has 0 aromatic heterocycles. The van der Waals surface area contributed by atoms with Crippen molar-refractivity contribution in [2.75, 3.05) is 7.11 Å². The molecule has 1 atom stereocenters. The Bertz CT molecular complexity index is 178. The molecule has 0 aliphatic heterocycles. The second kappa shape index (κ2) is 9.69. The molecule has 0 spiro atoms. The predicted octanol–water partition coefficient (Wildman–Crippen LogP) is 2.73. The van der Waals surface area contributed by atoms with E-state index < -0.39 is 0 Å². The first-order chi connectivity index (χ1) is 7.24. The monoisotopic (exact) mass is 214 g/mol. The van der Waals surface area contributed by atoms with Gasteiger partial charge in [-0.1, -0.05) is 26.2 Å². The third-order valence-corrected chi connectivity index (χ3v) is 2.65. The SMILES string of the molecule is CCC(C=O)CCCCCCC(=O)OC. The normalized spacial score (nSPS) is 12.1. The molecule has 0 fully saturated rings. The minimum absolute atomic E-state index is 0.130. The summed E-state index contributed by atoms with van der Waals surface area (Å²) in [7, 11) is 1.41. The smallest absolute Gasteiger partial charge is 0.305 e. The fraction of sp³-hybridized carbons (Fsp3) is 0.833. The fourth-order valence-corrected chi connectivity index (χ4v) is 1.50. The lowest BCUT2D eigenvalue weighted by molar-refractivity contribution is -0.140. The minimum Gasteiger partial charge on any atom is -0.469 e. The van der Waals surface area contributed by atoms with Crippen molar-refractivity contribution in [3.63, 3.8) is 0 Å². The van der Waals surface area contributed by atoms with Gasteiger partial charge in [0.2, 0.25) is 0 Å². The molecule has 3 heteroatoms.